The number of hydrogen-bond acceptors (Lipinski definition) is 7. The van der Waals surface area contributed by atoms with Crippen molar-refractivity contribution in [1.29, 1.82) is 0 Å². The minimum absolute atomic E-state index is 0. The standard InChI is InChI=1S/C6H10O3.2C3H2O2.Al/c1-3-9-6(8)4-5(2)7;2*1-2-3(4)5;/h3-4H2,1-2H3;2*1H,(H,4,5);/q;;;+2/p-2. The molecule has 0 aliphatic rings. The van der Waals surface area contributed by atoms with E-state index in [0.29, 0.717) is 6.61 Å². The van der Waals surface area contributed by atoms with Gasteiger partial charge in [-0.25, -0.2) is 0 Å². The molecule has 0 bridgehead atoms. The Morgan fingerprint density at radius 3 is 1.50 bits per heavy atom. The van der Waals surface area contributed by atoms with Crippen LogP contribution in [0.5, 0.6) is 0 Å². The molecule has 0 aromatic heterocycles. The van der Waals surface area contributed by atoms with Gasteiger partial charge in [-0.1, -0.05) is 11.8 Å². The van der Waals surface area contributed by atoms with Gasteiger partial charge in [0.2, 0.25) is 0 Å². The van der Waals surface area contributed by atoms with E-state index >= 15 is 0 Å². The quantitative estimate of drug-likeness (QED) is 0.233. The van der Waals surface area contributed by atoms with Crippen LogP contribution < -0.4 is 10.2 Å². The van der Waals surface area contributed by atoms with Crippen molar-refractivity contribution in [2.24, 2.45) is 0 Å². The largest absolute Gasteiger partial charge is 2.00 e. The summed E-state index contributed by atoms with van der Waals surface area (Å²) in [5.41, 5.74) is 0. The van der Waals surface area contributed by atoms with Gasteiger partial charge in [0, 0.05) is 0 Å². The van der Waals surface area contributed by atoms with Crippen LogP contribution in [0.15, 0.2) is 0 Å². The van der Waals surface area contributed by atoms with E-state index in [2.05, 4.69) is 17.6 Å². The van der Waals surface area contributed by atoms with Gasteiger partial charge < -0.3 is 24.5 Å². The van der Waals surface area contributed by atoms with E-state index in [9.17, 15) is 9.59 Å². The minimum atomic E-state index is -1.47. The Morgan fingerprint density at radius 1 is 1.05 bits per heavy atom. The number of carboxylic acids is 2. The van der Waals surface area contributed by atoms with Gasteiger partial charge in [-0.3, -0.25) is 9.59 Å². The van der Waals surface area contributed by atoms with Crippen LogP contribution in [0.3, 0.4) is 0 Å². The van der Waals surface area contributed by atoms with Crippen molar-refractivity contribution >= 4 is 41.1 Å². The number of carbonyl (C=O) groups excluding carboxylic acids is 4. The summed E-state index contributed by atoms with van der Waals surface area (Å²) in [7, 11) is 0. The summed E-state index contributed by atoms with van der Waals surface area (Å²) in [5.74, 6) is -0.867. The first kappa shape index (κ1) is 26.3. The van der Waals surface area contributed by atoms with Crippen LogP contribution in [0.4, 0.5) is 0 Å². The summed E-state index contributed by atoms with van der Waals surface area (Å²) < 4.78 is 4.49. The van der Waals surface area contributed by atoms with E-state index in [4.69, 9.17) is 19.8 Å². The van der Waals surface area contributed by atoms with Crippen molar-refractivity contribution in [2.75, 3.05) is 6.61 Å². The smallest absolute Gasteiger partial charge is 0.537 e. The van der Waals surface area contributed by atoms with Gasteiger partial charge in [-0.2, -0.15) is 0 Å². The number of carboxylic acid groups (broad SMARTS) is 2. The molecule has 7 nitrogen and oxygen atoms in total. The van der Waals surface area contributed by atoms with Gasteiger partial charge in [0.1, 0.15) is 24.1 Å². The second kappa shape index (κ2) is 19.1. The van der Waals surface area contributed by atoms with E-state index in [1.165, 1.54) is 18.8 Å². The van der Waals surface area contributed by atoms with Gasteiger partial charge in [0.15, 0.2) is 0 Å². The summed E-state index contributed by atoms with van der Waals surface area (Å²) in [6.45, 7) is 3.40. The van der Waals surface area contributed by atoms with Crippen LogP contribution in [0.1, 0.15) is 20.3 Å². The molecule has 105 valence electrons. The van der Waals surface area contributed by atoms with E-state index in [-0.39, 0.29) is 29.6 Å². The molecule has 0 fully saturated rings. The summed E-state index contributed by atoms with van der Waals surface area (Å²) in [6, 6.07) is 0. The molecule has 20 heavy (non-hydrogen) atoms. The molecule has 0 spiro atoms. The third-order valence-electron chi connectivity index (χ3n) is 0.934. The van der Waals surface area contributed by atoms with Crippen LogP contribution in [0.2, 0.25) is 0 Å². The minimum Gasteiger partial charge on any atom is -0.537 e. The van der Waals surface area contributed by atoms with Gasteiger partial charge in [0.05, 0.1) is 6.61 Å². The molecule has 0 atom stereocenters. The SMILES string of the molecule is C#CC(=O)[O-].C#CC(=O)[O-].CCOC(=O)CC(C)=O.[Al+2]. The molecule has 0 aliphatic heterocycles. The molecule has 0 N–H and O–H groups in total. The number of carbonyl (C=O) groups is 4. The molecule has 0 unspecified atom stereocenters. The van der Waals surface area contributed by atoms with Crippen LogP contribution >= 0.6 is 0 Å². The molecule has 0 aliphatic carbocycles. The predicted octanol–water partition coefficient (Wildman–Crippen LogP) is -3.11. The number of Topliss-reactive ketones (excluding diaryl/α,β-unsaturated/α-hetero) is 1. The number of esters is 1. The Labute approximate surface area is 127 Å². The zero-order chi connectivity index (χ0) is 15.8. The summed E-state index contributed by atoms with van der Waals surface area (Å²) in [6.07, 6.45) is 8.42. The molecule has 0 aromatic carbocycles. The average molecular weight is 295 g/mol. The molecular formula is C12H12AlO7. The Morgan fingerprint density at radius 2 is 1.35 bits per heavy atom. The van der Waals surface area contributed by atoms with Crippen LogP contribution in [0, 0.1) is 24.7 Å². The zero-order valence-corrected chi connectivity index (χ0v) is 12.2. The van der Waals surface area contributed by atoms with Gasteiger partial charge >= 0.3 is 23.3 Å². The Kier molecular flexibility index (Phi) is 25.1. The molecule has 8 heteroatoms. The van der Waals surface area contributed by atoms with Crippen LogP contribution in [-0.4, -0.2) is 47.7 Å². The predicted molar refractivity (Wildman–Crippen MR) is 65.4 cm³/mol. The van der Waals surface area contributed by atoms with Gasteiger partial charge in [-0.05, 0) is 13.8 Å². The summed E-state index contributed by atoms with van der Waals surface area (Å²) in [5, 5.41) is 18.0. The maximum atomic E-state index is 10.4. The first-order valence-corrected chi connectivity index (χ1v) is 4.71. The fraction of sp³-hybridized carbons (Fsp3) is 0.333. The number of terminal acetylenes is 2. The zero-order valence-electron chi connectivity index (χ0n) is 11.0. The van der Waals surface area contributed by atoms with E-state index in [1.54, 1.807) is 6.92 Å². The summed E-state index contributed by atoms with van der Waals surface area (Å²) in [4.78, 5) is 38.7. The second-order valence-corrected chi connectivity index (χ2v) is 2.55. The second-order valence-electron chi connectivity index (χ2n) is 2.55. The average Bonchev–Trinajstić information content (AvgIpc) is 2.29. The number of hydrogen-bond donors (Lipinski definition) is 0. The first-order valence-electron chi connectivity index (χ1n) is 4.71. The number of rotatable bonds is 3. The van der Waals surface area contributed by atoms with Gasteiger partial charge in [-0.15, -0.1) is 12.8 Å². The normalized spacial score (nSPS) is 6.60. The number of aliphatic carboxylic acids is 2. The summed E-state index contributed by atoms with van der Waals surface area (Å²) >= 11 is 0. The maximum absolute atomic E-state index is 10.4. The number of ether oxygens (including phenoxy) is 1. The Hall–Kier alpha value is -2.27. The molecule has 0 saturated carbocycles. The molecule has 0 rings (SSSR count). The van der Waals surface area contributed by atoms with Crippen molar-refractivity contribution < 1.29 is 34.1 Å². The molecule has 0 amide bonds. The van der Waals surface area contributed by atoms with Crippen molar-refractivity contribution in [2.45, 2.75) is 20.3 Å². The molecule has 0 heterocycles. The Bertz CT molecular complexity index is 377. The van der Waals surface area contributed by atoms with Gasteiger partial charge in [0.25, 0.3) is 0 Å². The van der Waals surface area contributed by atoms with Crippen molar-refractivity contribution in [3.63, 3.8) is 0 Å². The monoisotopic (exact) mass is 295 g/mol. The fourth-order valence-electron chi connectivity index (χ4n) is 0.415. The molecule has 0 aromatic rings. The van der Waals surface area contributed by atoms with Crippen molar-refractivity contribution in [3.05, 3.63) is 0 Å². The molecule has 0 saturated heterocycles. The van der Waals surface area contributed by atoms with E-state index < -0.39 is 17.9 Å². The third-order valence-corrected chi connectivity index (χ3v) is 0.934. The third kappa shape index (κ3) is 44.8. The van der Waals surface area contributed by atoms with Crippen LogP contribution in [-0.2, 0) is 23.9 Å². The fourth-order valence-corrected chi connectivity index (χ4v) is 0.415. The maximum Gasteiger partial charge on any atom is 2.00 e. The Balaban J connectivity index is -0.000000101. The van der Waals surface area contributed by atoms with E-state index in [1.807, 2.05) is 0 Å². The van der Waals surface area contributed by atoms with Crippen molar-refractivity contribution in [1.82, 2.24) is 0 Å². The van der Waals surface area contributed by atoms with E-state index in [0.717, 1.165) is 0 Å². The first-order chi connectivity index (χ1) is 8.70. The number of ketones is 1. The molecular weight excluding hydrogens is 283 g/mol. The molecule has 1 radical (unpaired) electrons. The topological polar surface area (TPSA) is 124 Å². The van der Waals surface area contributed by atoms with Crippen LogP contribution in [0.25, 0.3) is 0 Å². The van der Waals surface area contributed by atoms with Crippen molar-refractivity contribution in [3.8, 4) is 24.7 Å².